The van der Waals surface area contributed by atoms with Crippen LogP contribution in [0, 0.1) is 27.7 Å². The molecule has 2 aliphatic rings. The van der Waals surface area contributed by atoms with Crippen molar-refractivity contribution in [3.05, 3.63) is 132 Å². The maximum atomic E-state index is 2.55. The highest BCUT2D eigenvalue weighted by atomic mass is 15.2. The largest absolute Gasteiger partial charge is 0.314 e. The third-order valence-electron chi connectivity index (χ3n) is 9.95. The molecule has 7 aromatic rings. The number of fused-ring (bicyclic) bond motifs is 4. The Morgan fingerprint density at radius 3 is 1.40 bits per heavy atom. The summed E-state index contributed by atoms with van der Waals surface area (Å²) in [5.74, 6) is 0. The van der Waals surface area contributed by atoms with Crippen LogP contribution in [0.2, 0.25) is 0 Å². The second-order valence-electron chi connectivity index (χ2n) is 11.9. The van der Waals surface area contributed by atoms with E-state index >= 15 is 0 Å². The first-order valence-electron chi connectivity index (χ1n) is 14.8. The van der Waals surface area contributed by atoms with Crippen LogP contribution in [0.25, 0.3) is 33.2 Å². The smallest absolute Gasteiger partial charge is 0.252 e. The average molecular weight is 539 g/mol. The molecule has 2 aromatic heterocycles. The summed E-state index contributed by atoms with van der Waals surface area (Å²) in [5, 5.41) is 2.71. The fourth-order valence-corrected chi connectivity index (χ4v) is 7.84. The highest BCUT2D eigenvalue weighted by molar-refractivity contribution is 7.00. The third-order valence-corrected chi connectivity index (χ3v) is 9.95. The summed E-state index contributed by atoms with van der Waals surface area (Å²) in [6, 6.07) is 40.2. The van der Waals surface area contributed by atoms with Crippen LogP contribution in [-0.2, 0) is 0 Å². The zero-order valence-corrected chi connectivity index (χ0v) is 24.3. The van der Waals surface area contributed by atoms with Gasteiger partial charge in [0.1, 0.15) is 0 Å². The van der Waals surface area contributed by atoms with Crippen LogP contribution in [0.5, 0.6) is 0 Å². The Morgan fingerprint density at radius 1 is 0.500 bits per heavy atom. The maximum absolute atomic E-state index is 2.55. The van der Waals surface area contributed by atoms with Gasteiger partial charge in [0, 0.05) is 55.9 Å². The van der Waals surface area contributed by atoms with Gasteiger partial charge in [-0.3, -0.25) is 0 Å². The van der Waals surface area contributed by atoms with E-state index in [1.165, 1.54) is 72.1 Å². The van der Waals surface area contributed by atoms with E-state index in [2.05, 4.69) is 151 Å². The molecular weight excluding hydrogens is 509 g/mol. The number of aromatic nitrogens is 2. The van der Waals surface area contributed by atoms with Crippen molar-refractivity contribution >= 4 is 62.0 Å². The van der Waals surface area contributed by atoms with E-state index < -0.39 is 0 Å². The van der Waals surface area contributed by atoms with E-state index in [9.17, 15) is 0 Å². The molecule has 0 bridgehead atoms. The zero-order valence-electron chi connectivity index (χ0n) is 24.3. The topological polar surface area (TPSA) is 13.1 Å². The molecule has 3 nitrogen and oxygen atoms in total. The van der Waals surface area contributed by atoms with Gasteiger partial charge in [-0.2, -0.15) is 0 Å². The molecule has 0 fully saturated rings. The fourth-order valence-electron chi connectivity index (χ4n) is 7.84. The van der Waals surface area contributed by atoms with E-state index in [0.717, 1.165) is 17.1 Å². The Hall–Kier alpha value is -4.96. The summed E-state index contributed by atoms with van der Waals surface area (Å²) in [7, 11) is 0. The fraction of sp³-hybridized carbons (Fsp3) is 0.105. The van der Waals surface area contributed by atoms with Crippen LogP contribution in [0.4, 0.5) is 17.1 Å². The van der Waals surface area contributed by atoms with Crippen LogP contribution in [-0.4, -0.2) is 15.8 Å². The van der Waals surface area contributed by atoms with E-state index in [4.69, 9.17) is 0 Å². The molecule has 0 saturated heterocycles. The summed E-state index contributed by atoms with van der Waals surface area (Å²) in [6.07, 6.45) is 0. The number of para-hydroxylation sites is 4. The van der Waals surface area contributed by atoms with Gasteiger partial charge in [0.25, 0.3) is 6.71 Å². The van der Waals surface area contributed by atoms with Gasteiger partial charge in [0.05, 0.1) is 5.69 Å². The van der Waals surface area contributed by atoms with E-state index in [-0.39, 0.29) is 6.71 Å². The van der Waals surface area contributed by atoms with E-state index in [0.29, 0.717) is 0 Å². The number of rotatable bonds is 3. The number of benzene rings is 5. The number of hydrogen-bond donors (Lipinski definition) is 0. The molecule has 4 heteroatoms. The molecule has 0 radical (unpaired) electrons. The Kier molecular flexibility index (Phi) is 4.69. The standard InChI is InChI=1S/C38H30BN3/c1-23-25(3)40-34-21-29(42(27-13-7-5-8-14-27)28-15-9-6-10-16-28)22-35-36(34)39(32-19-11-17-30(23)37(32)40)33-20-12-18-31-24(2)26(4)41(35)38(31)33/h5-22H,1-4H3. The van der Waals surface area contributed by atoms with Gasteiger partial charge >= 0.3 is 0 Å². The summed E-state index contributed by atoms with van der Waals surface area (Å²) in [6.45, 7) is 9.30. The Morgan fingerprint density at radius 2 is 0.952 bits per heavy atom. The van der Waals surface area contributed by atoms with Crippen LogP contribution >= 0.6 is 0 Å². The minimum atomic E-state index is 0.181. The first kappa shape index (κ1) is 23.7. The van der Waals surface area contributed by atoms with Gasteiger partial charge in [-0.25, -0.2) is 0 Å². The molecule has 0 atom stereocenters. The van der Waals surface area contributed by atoms with Crippen molar-refractivity contribution in [1.82, 2.24) is 9.13 Å². The van der Waals surface area contributed by atoms with Crippen molar-refractivity contribution in [2.75, 3.05) is 4.90 Å². The molecule has 0 amide bonds. The normalized spacial score (nSPS) is 12.7. The lowest BCUT2D eigenvalue weighted by Gasteiger charge is -2.36. The molecule has 0 spiro atoms. The molecule has 200 valence electrons. The lowest BCUT2D eigenvalue weighted by Crippen LogP contribution is -2.59. The average Bonchev–Trinajstić information content (AvgIpc) is 3.44. The number of nitrogens with zero attached hydrogens (tertiary/aromatic N) is 3. The quantitative estimate of drug-likeness (QED) is 0.213. The van der Waals surface area contributed by atoms with Crippen LogP contribution in [0.1, 0.15) is 22.5 Å². The van der Waals surface area contributed by atoms with E-state index in [1.54, 1.807) is 0 Å². The summed E-state index contributed by atoms with van der Waals surface area (Å²) >= 11 is 0. The van der Waals surface area contributed by atoms with Crippen molar-refractivity contribution in [2.24, 2.45) is 0 Å². The summed E-state index contributed by atoms with van der Waals surface area (Å²) < 4.78 is 5.09. The van der Waals surface area contributed by atoms with Crippen LogP contribution < -0.4 is 21.3 Å². The van der Waals surface area contributed by atoms with Crippen molar-refractivity contribution in [3.63, 3.8) is 0 Å². The third kappa shape index (κ3) is 2.87. The Bertz CT molecular complexity index is 2080. The van der Waals surface area contributed by atoms with Crippen molar-refractivity contribution in [1.29, 1.82) is 0 Å². The molecular formula is C38H30BN3. The van der Waals surface area contributed by atoms with Crippen molar-refractivity contribution in [3.8, 4) is 11.4 Å². The lowest BCUT2D eigenvalue weighted by molar-refractivity contribution is 1.01. The summed E-state index contributed by atoms with van der Waals surface area (Å²) in [4.78, 5) is 2.40. The highest BCUT2D eigenvalue weighted by Crippen LogP contribution is 2.41. The van der Waals surface area contributed by atoms with Gasteiger partial charge in [0.15, 0.2) is 0 Å². The monoisotopic (exact) mass is 539 g/mol. The first-order chi connectivity index (χ1) is 20.5. The second-order valence-corrected chi connectivity index (χ2v) is 11.9. The predicted octanol–water partition coefficient (Wildman–Crippen LogP) is 7.42. The minimum Gasteiger partial charge on any atom is -0.314 e. The number of aryl methyl sites for hydroxylation is 2. The Labute approximate surface area is 246 Å². The number of anilines is 3. The SMILES string of the molecule is Cc1c(C)n2c3c(cccc13)B1c3c-2cc(N(c2ccccc2)c2ccccc2)cc3-n2c(C)c(C)c3cccc1c32. The van der Waals surface area contributed by atoms with Gasteiger partial charge in [-0.15, -0.1) is 0 Å². The van der Waals surface area contributed by atoms with Gasteiger partial charge in [-0.05, 0) is 91.6 Å². The molecule has 4 heterocycles. The van der Waals surface area contributed by atoms with Crippen molar-refractivity contribution < 1.29 is 0 Å². The first-order valence-corrected chi connectivity index (χ1v) is 14.8. The molecule has 2 aliphatic heterocycles. The van der Waals surface area contributed by atoms with Crippen molar-refractivity contribution in [2.45, 2.75) is 27.7 Å². The lowest BCUT2D eigenvalue weighted by atomic mass is 9.34. The number of hydrogen-bond acceptors (Lipinski definition) is 1. The van der Waals surface area contributed by atoms with Gasteiger partial charge < -0.3 is 14.0 Å². The van der Waals surface area contributed by atoms with Gasteiger partial charge in [0.2, 0.25) is 0 Å². The van der Waals surface area contributed by atoms with Gasteiger partial charge in [-0.1, -0.05) is 72.8 Å². The molecule has 0 aliphatic carbocycles. The zero-order chi connectivity index (χ0) is 28.3. The molecule has 0 N–H and O–H groups in total. The second kappa shape index (κ2) is 8.30. The highest BCUT2D eigenvalue weighted by Gasteiger charge is 2.41. The van der Waals surface area contributed by atoms with E-state index in [1.807, 2.05) is 0 Å². The Balaban J connectivity index is 1.48. The molecule has 9 rings (SSSR count). The molecule has 0 unspecified atom stereocenters. The maximum Gasteiger partial charge on any atom is 0.252 e. The minimum absolute atomic E-state index is 0.181. The summed E-state index contributed by atoms with van der Waals surface area (Å²) in [5.41, 5.74) is 18.3. The predicted molar refractivity (Wildman–Crippen MR) is 178 cm³/mol. The van der Waals surface area contributed by atoms with Crippen LogP contribution in [0.15, 0.2) is 109 Å². The molecule has 5 aromatic carbocycles. The molecule has 42 heavy (non-hydrogen) atoms. The molecule has 0 saturated carbocycles. The van der Waals surface area contributed by atoms with Crippen LogP contribution in [0.3, 0.4) is 0 Å².